The number of carboxylic acid groups (broad SMARTS) is 1. The molecule has 1 amide bonds. The van der Waals surface area contributed by atoms with Crippen molar-refractivity contribution in [3.8, 4) is 0 Å². The Morgan fingerprint density at radius 1 is 0.758 bits per heavy atom. The molecule has 4 nitrogen and oxygen atoms in total. The van der Waals surface area contributed by atoms with Crippen LogP contribution in [0.3, 0.4) is 0 Å². The molecule has 170 valence electrons. The number of amides is 1. The van der Waals surface area contributed by atoms with Gasteiger partial charge < -0.3 is 10.4 Å². The van der Waals surface area contributed by atoms with Crippen LogP contribution in [0.4, 0.5) is 0 Å². The van der Waals surface area contributed by atoms with Crippen molar-refractivity contribution in [2.75, 3.05) is 6.54 Å². The second kappa shape index (κ2) is 6.94. The number of rotatable bonds is 4. The van der Waals surface area contributed by atoms with Crippen LogP contribution < -0.4 is 5.32 Å². The van der Waals surface area contributed by atoms with Crippen molar-refractivity contribution in [2.45, 2.75) is 50.4 Å². The van der Waals surface area contributed by atoms with Crippen LogP contribution in [0.15, 0.2) is 48.5 Å². The van der Waals surface area contributed by atoms with E-state index in [1.807, 2.05) is 24.3 Å². The molecule has 0 unspecified atom stereocenters. The Bertz CT molecular complexity index is 1070. The lowest BCUT2D eigenvalue weighted by Gasteiger charge is -2.57. The smallest absolute Gasteiger partial charge is 0.308 e. The van der Waals surface area contributed by atoms with E-state index < -0.39 is 17.8 Å². The van der Waals surface area contributed by atoms with Crippen molar-refractivity contribution in [3.05, 3.63) is 70.8 Å². The zero-order chi connectivity index (χ0) is 22.3. The quantitative estimate of drug-likeness (QED) is 0.707. The van der Waals surface area contributed by atoms with Gasteiger partial charge in [-0.15, -0.1) is 0 Å². The molecule has 2 atom stereocenters. The summed E-state index contributed by atoms with van der Waals surface area (Å²) in [6.45, 7) is 0.721. The van der Waals surface area contributed by atoms with Crippen molar-refractivity contribution in [1.29, 1.82) is 0 Å². The SMILES string of the molecule is O=C(O)[C@@H]1C2c3ccccc3C(c3ccccc32)[C@@H]1C(=O)NCC12CC3CC(CC(C3)C1)C2. The van der Waals surface area contributed by atoms with E-state index in [2.05, 4.69) is 29.6 Å². The highest BCUT2D eigenvalue weighted by Gasteiger charge is 2.56. The van der Waals surface area contributed by atoms with Crippen LogP contribution in [0.5, 0.6) is 0 Å². The number of carbonyl (C=O) groups is 2. The summed E-state index contributed by atoms with van der Waals surface area (Å²) in [4.78, 5) is 26.5. The van der Waals surface area contributed by atoms with E-state index in [1.165, 1.54) is 38.5 Å². The molecule has 6 bridgehead atoms. The summed E-state index contributed by atoms with van der Waals surface area (Å²) in [7, 11) is 0. The topological polar surface area (TPSA) is 66.4 Å². The average Bonchev–Trinajstić information content (AvgIpc) is 2.81. The molecular weight excluding hydrogens is 410 g/mol. The molecule has 7 aliphatic rings. The van der Waals surface area contributed by atoms with Gasteiger partial charge >= 0.3 is 5.97 Å². The first-order valence-corrected chi connectivity index (χ1v) is 12.7. The zero-order valence-electron chi connectivity index (χ0n) is 18.9. The van der Waals surface area contributed by atoms with E-state index >= 15 is 0 Å². The third-order valence-corrected chi connectivity index (χ3v) is 9.83. The lowest BCUT2D eigenvalue weighted by Crippen LogP contribution is -2.54. The van der Waals surface area contributed by atoms with E-state index in [0.717, 1.165) is 46.6 Å². The Morgan fingerprint density at radius 3 is 1.61 bits per heavy atom. The van der Waals surface area contributed by atoms with Gasteiger partial charge in [0.25, 0.3) is 0 Å². The van der Waals surface area contributed by atoms with E-state index in [4.69, 9.17) is 0 Å². The number of nitrogens with one attached hydrogen (secondary N) is 1. The number of hydrogen-bond donors (Lipinski definition) is 2. The fourth-order valence-corrected chi connectivity index (χ4v) is 9.19. The minimum Gasteiger partial charge on any atom is -0.481 e. The monoisotopic (exact) mass is 441 g/mol. The highest BCUT2D eigenvalue weighted by atomic mass is 16.4. The van der Waals surface area contributed by atoms with Crippen LogP contribution >= 0.6 is 0 Å². The molecule has 2 aromatic carbocycles. The molecule has 33 heavy (non-hydrogen) atoms. The van der Waals surface area contributed by atoms with Gasteiger partial charge in [0.1, 0.15) is 0 Å². The van der Waals surface area contributed by atoms with Crippen LogP contribution in [-0.2, 0) is 9.59 Å². The number of carbonyl (C=O) groups excluding carboxylic acids is 1. The Hall–Kier alpha value is -2.62. The van der Waals surface area contributed by atoms with Gasteiger partial charge in [-0.3, -0.25) is 9.59 Å². The van der Waals surface area contributed by atoms with E-state index in [1.54, 1.807) is 0 Å². The predicted octanol–water partition coefficient (Wildman–Crippen LogP) is 4.93. The Labute approximate surface area is 194 Å². The minimum atomic E-state index is -0.857. The molecule has 2 N–H and O–H groups in total. The van der Waals surface area contributed by atoms with E-state index in [-0.39, 0.29) is 23.2 Å². The molecule has 0 saturated heterocycles. The molecule has 0 aliphatic heterocycles. The predicted molar refractivity (Wildman–Crippen MR) is 125 cm³/mol. The third-order valence-electron chi connectivity index (χ3n) is 9.83. The lowest BCUT2D eigenvalue weighted by atomic mass is 9.49. The largest absolute Gasteiger partial charge is 0.481 e. The standard InChI is InChI=1S/C29H31NO3/c31-27(30-15-29-12-16-9-17(13-29)11-18(10-16)14-29)25-23-19-5-1-3-7-21(19)24(26(25)28(32)33)22-8-4-2-6-20(22)23/h1-8,16-18,23-26H,9-15H2,(H,30,31)(H,32,33)/t16?,17?,18?,23?,24?,25-,26+,29?/m0/s1. The summed E-state index contributed by atoms with van der Waals surface area (Å²) in [6, 6.07) is 16.3. The van der Waals surface area contributed by atoms with Crippen molar-refractivity contribution >= 4 is 11.9 Å². The molecule has 0 spiro atoms. The van der Waals surface area contributed by atoms with Crippen molar-refractivity contribution in [1.82, 2.24) is 5.32 Å². The van der Waals surface area contributed by atoms with Gasteiger partial charge in [-0.05, 0) is 83.9 Å². The fraction of sp³-hybridized carbons (Fsp3) is 0.517. The number of fused-ring (bicyclic) bond motifs is 1. The van der Waals surface area contributed by atoms with Crippen molar-refractivity contribution in [3.63, 3.8) is 0 Å². The van der Waals surface area contributed by atoms with Crippen molar-refractivity contribution < 1.29 is 14.7 Å². The highest BCUT2D eigenvalue weighted by molar-refractivity contribution is 5.89. The summed E-state index contributed by atoms with van der Waals surface area (Å²) in [5, 5.41) is 13.7. The van der Waals surface area contributed by atoms with Gasteiger partial charge in [-0.2, -0.15) is 0 Å². The first-order chi connectivity index (χ1) is 16.0. The lowest BCUT2D eigenvalue weighted by molar-refractivity contribution is -0.149. The highest BCUT2D eigenvalue weighted by Crippen LogP contribution is 2.61. The van der Waals surface area contributed by atoms with Gasteiger partial charge in [0.15, 0.2) is 0 Å². The van der Waals surface area contributed by atoms with Crippen molar-refractivity contribution in [2.24, 2.45) is 35.0 Å². The summed E-state index contributed by atoms with van der Waals surface area (Å²) >= 11 is 0. The molecule has 4 saturated carbocycles. The van der Waals surface area contributed by atoms with Gasteiger partial charge in [-0.1, -0.05) is 48.5 Å². The maximum atomic E-state index is 13.8. The molecule has 0 aromatic heterocycles. The molecule has 0 radical (unpaired) electrons. The van der Waals surface area contributed by atoms with Gasteiger partial charge in [0.05, 0.1) is 11.8 Å². The minimum absolute atomic E-state index is 0.0582. The Morgan fingerprint density at radius 2 is 1.18 bits per heavy atom. The van der Waals surface area contributed by atoms with Gasteiger partial charge in [0, 0.05) is 18.4 Å². The normalized spacial score (nSPS) is 39.1. The van der Waals surface area contributed by atoms with Crippen LogP contribution in [0.2, 0.25) is 0 Å². The summed E-state index contributed by atoms with van der Waals surface area (Å²) < 4.78 is 0. The third kappa shape index (κ3) is 2.82. The summed E-state index contributed by atoms with van der Waals surface area (Å²) in [5.41, 5.74) is 4.67. The molecule has 0 heterocycles. The molecule has 7 aliphatic carbocycles. The maximum Gasteiger partial charge on any atom is 0.308 e. The number of benzene rings is 2. The molecule has 9 rings (SSSR count). The van der Waals surface area contributed by atoms with Gasteiger partial charge in [0.2, 0.25) is 5.91 Å². The summed E-state index contributed by atoms with van der Waals surface area (Å²) in [6.07, 6.45) is 7.87. The number of aliphatic carboxylic acids is 1. The second-order valence-corrected chi connectivity index (χ2v) is 11.7. The molecule has 4 fully saturated rings. The van der Waals surface area contributed by atoms with Crippen LogP contribution in [0, 0.1) is 35.0 Å². The molecule has 4 heteroatoms. The Kier molecular flexibility index (Phi) is 4.17. The average molecular weight is 442 g/mol. The molecular formula is C29H31NO3. The maximum absolute atomic E-state index is 13.8. The van der Waals surface area contributed by atoms with Gasteiger partial charge in [-0.25, -0.2) is 0 Å². The zero-order valence-corrected chi connectivity index (χ0v) is 18.9. The Balaban J connectivity index is 1.23. The first-order valence-electron chi connectivity index (χ1n) is 12.7. The first kappa shape index (κ1) is 19.8. The van der Waals surface area contributed by atoms with E-state index in [0.29, 0.717) is 0 Å². The number of hydrogen-bond acceptors (Lipinski definition) is 2. The second-order valence-electron chi connectivity index (χ2n) is 11.7. The van der Waals surface area contributed by atoms with Crippen LogP contribution in [0.1, 0.15) is 72.6 Å². The fourth-order valence-electron chi connectivity index (χ4n) is 9.19. The van der Waals surface area contributed by atoms with E-state index in [9.17, 15) is 14.7 Å². The van der Waals surface area contributed by atoms with Crippen LogP contribution in [0.25, 0.3) is 0 Å². The molecule has 2 aromatic rings. The van der Waals surface area contributed by atoms with Crippen LogP contribution in [-0.4, -0.2) is 23.5 Å². The number of carboxylic acids is 1. The summed E-state index contributed by atoms with van der Waals surface area (Å²) in [5.74, 6) is -0.156.